The van der Waals surface area contributed by atoms with Gasteiger partial charge in [0.05, 0.1) is 11.8 Å². The maximum Gasteiger partial charge on any atom is 0.573 e. The fraction of sp³-hybridized carbons (Fsp3) is 0.500. The summed E-state index contributed by atoms with van der Waals surface area (Å²) < 4.78 is 41.4. The van der Waals surface area contributed by atoms with Gasteiger partial charge in [-0.2, -0.15) is 0 Å². The second-order valence-electron chi connectivity index (χ2n) is 7.36. The smallest absolute Gasteiger partial charge is 0.481 e. The van der Waals surface area contributed by atoms with Gasteiger partial charge in [-0.3, -0.25) is 9.59 Å². The number of nitrogens with one attached hydrogen (secondary N) is 2. The Morgan fingerprint density at radius 3 is 2.59 bits per heavy atom. The number of H-pyrrole nitrogens is 1. The Morgan fingerprint density at radius 2 is 1.93 bits per heavy atom. The van der Waals surface area contributed by atoms with Crippen molar-refractivity contribution in [1.29, 1.82) is 0 Å². The summed E-state index contributed by atoms with van der Waals surface area (Å²) in [6.45, 7) is 2.07. The van der Waals surface area contributed by atoms with Gasteiger partial charge in [-0.05, 0) is 49.9 Å². The van der Waals surface area contributed by atoms with E-state index in [1.165, 1.54) is 18.2 Å². The van der Waals surface area contributed by atoms with E-state index in [0.717, 1.165) is 24.1 Å². The van der Waals surface area contributed by atoms with E-state index in [2.05, 4.69) is 15.0 Å². The molecule has 0 unspecified atom stereocenters. The minimum Gasteiger partial charge on any atom is -0.481 e. The minimum absolute atomic E-state index is 0.264. The van der Waals surface area contributed by atoms with Gasteiger partial charge in [-0.1, -0.05) is 12.8 Å². The van der Waals surface area contributed by atoms with E-state index in [1.807, 2.05) is 6.92 Å². The van der Waals surface area contributed by atoms with Gasteiger partial charge < -0.3 is 20.1 Å². The molecule has 9 heteroatoms. The number of hydrogen-bond donors (Lipinski definition) is 3. The summed E-state index contributed by atoms with van der Waals surface area (Å²) in [5.74, 6) is -2.75. The average molecular weight is 412 g/mol. The van der Waals surface area contributed by atoms with Crippen LogP contribution >= 0.6 is 0 Å². The number of fused-ring (bicyclic) bond motifs is 1. The quantitative estimate of drug-likeness (QED) is 0.671. The molecule has 158 valence electrons. The number of rotatable bonds is 6. The number of carboxylic acid groups (broad SMARTS) is 1. The molecule has 1 saturated carbocycles. The topological polar surface area (TPSA) is 91.4 Å². The van der Waals surface area contributed by atoms with Crippen LogP contribution in [-0.2, 0) is 16.0 Å². The van der Waals surface area contributed by atoms with Crippen molar-refractivity contribution >= 4 is 22.8 Å². The van der Waals surface area contributed by atoms with E-state index in [0.29, 0.717) is 30.2 Å². The van der Waals surface area contributed by atoms with Crippen molar-refractivity contribution in [2.24, 2.45) is 11.8 Å². The zero-order valence-electron chi connectivity index (χ0n) is 15.9. The number of aromatic amines is 1. The molecule has 1 aliphatic rings. The van der Waals surface area contributed by atoms with Gasteiger partial charge >= 0.3 is 12.3 Å². The van der Waals surface area contributed by atoms with Crippen molar-refractivity contribution < 1.29 is 32.6 Å². The first kappa shape index (κ1) is 21.0. The Bertz CT molecular complexity index is 907. The first-order chi connectivity index (χ1) is 13.7. The van der Waals surface area contributed by atoms with Gasteiger partial charge in [-0.25, -0.2) is 0 Å². The summed E-state index contributed by atoms with van der Waals surface area (Å²) in [7, 11) is 0. The third-order valence-electron chi connectivity index (χ3n) is 5.42. The molecule has 0 bridgehead atoms. The summed E-state index contributed by atoms with van der Waals surface area (Å²) in [5.41, 5.74) is 2.25. The predicted octanol–water partition coefficient (Wildman–Crippen LogP) is 3.92. The molecule has 3 rings (SSSR count). The van der Waals surface area contributed by atoms with Crippen LogP contribution in [-0.4, -0.2) is 34.9 Å². The van der Waals surface area contributed by atoms with Crippen LogP contribution in [0.4, 0.5) is 13.2 Å². The number of aromatic nitrogens is 1. The SMILES string of the molecule is Cc1[nH]c2ccc(OC(F)(F)F)cc2c1CCNC(=O)[C@H]1CCCC[C@@H]1C(=O)O. The lowest BCUT2D eigenvalue weighted by atomic mass is 9.78. The number of ether oxygens (including phenoxy) is 1. The Balaban J connectivity index is 1.68. The zero-order chi connectivity index (χ0) is 21.2. The summed E-state index contributed by atoms with van der Waals surface area (Å²) in [5, 5.41) is 12.7. The summed E-state index contributed by atoms with van der Waals surface area (Å²) in [6, 6.07) is 4.09. The molecule has 0 spiro atoms. The second kappa shape index (κ2) is 8.34. The Labute approximate surface area is 165 Å². The molecular formula is C20H23F3N2O4. The number of alkyl halides is 3. The number of carbonyl (C=O) groups is 2. The third kappa shape index (κ3) is 5.02. The highest BCUT2D eigenvalue weighted by Gasteiger charge is 2.35. The molecule has 3 N–H and O–H groups in total. The molecule has 0 aliphatic heterocycles. The fourth-order valence-electron chi connectivity index (χ4n) is 4.06. The van der Waals surface area contributed by atoms with Gasteiger partial charge in [-0.15, -0.1) is 13.2 Å². The molecule has 0 saturated heterocycles. The number of carboxylic acids is 1. The standard InChI is InChI=1S/C20H23F3N2O4/c1-11-13(16-10-12(29-20(21,22)23)6-7-17(16)25-11)8-9-24-18(26)14-4-2-3-5-15(14)19(27)28/h6-7,10,14-15,25H,2-5,8-9H2,1H3,(H,24,26)(H,27,28)/t14-,15-/m0/s1. The predicted molar refractivity (Wildman–Crippen MR) is 99.5 cm³/mol. The molecule has 1 amide bonds. The van der Waals surface area contributed by atoms with Gasteiger partial charge in [0.15, 0.2) is 0 Å². The van der Waals surface area contributed by atoms with Crippen LogP contribution in [0.15, 0.2) is 18.2 Å². The number of benzene rings is 1. The first-order valence-corrected chi connectivity index (χ1v) is 9.53. The number of amides is 1. The molecule has 2 aromatic rings. The van der Waals surface area contributed by atoms with Crippen molar-refractivity contribution in [3.8, 4) is 5.75 Å². The third-order valence-corrected chi connectivity index (χ3v) is 5.42. The summed E-state index contributed by atoms with van der Waals surface area (Å²) in [4.78, 5) is 27.0. The molecule has 2 atom stereocenters. The number of aliphatic carboxylic acids is 1. The largest absolute Gasteiger partial charge is 0.573 e. The van der Waals surface area contributed by atoms with Crippen LogP contribution in [0.3, 0.4) is 0 Å². The Kier molecular flexibility index (Phi) is 6.04. The van der Waals surface area contributed by atoms with Crippen LogP contribution in [0.25, 0.3) is 10.9 Å². The van der Waals surface area contributed by atoms with Gasteiger partial charge in [0.25, 0.3) is 0 Å². The molecular weight excluding hydrogens is 389 g/mol. The molecule has 6 nitrogen and oxygen atoms in total. The average Bonchev–Trinajstić information content (AvgIpc) is 2.95. The van der Waals surface area contributed by atoms with E-state index < -0.39 is 24.2 Å². The summed E-state index contributed by atoms with van der Waals surface area (Å²) in [6.07, 6.45) is -1.70. The first-order valence-electron chi connectivity index (χ1n) is 9.53. The highest BCUT2D eigenvalue weighted by Crippen LogP contribution is 2.31. The molecule has 1 aliphatic carbocycles. The summed E-state index contributed by atoms with van der Waals surface area (Å²) >= 11 is 0. The fourth-order valence-corrected chi connectivity index (χ4v) is 4.06. The van der Waals surface area contributed by atoms with Crippen LogP contribution in [0.1, 0.15) is 36.9 Å². The minimum atomic E-state index is -4.77. The number of carbonyl (C=O) groups excluding carboxylic acids is 1. The van der Waals surface area contributed by atoms with Crippen molar-refractivity contribution in [2.75, 3.05) is 6.54 Å². The van der Waals surface area contributed by atoms with Crippen LogP contribution in [0.2, 0.25) is 0 Å². The number of aryl methyl sites for hydroxylation is 1. The Morgan fingerprint density at radius 1 is 1.24 bits per heavy atom. The van der Waals surface area contributed by atoms with Crippen molar-refractivity contribution in [3.63, 3.8) is 0 Å². The maximum atomic E-state index is 12.5. The molecule has 1 heterocycles. The molecule has 1 aromatic heterocycles. The highest BCUT2D eigenvalue weighted by molar-refractivity contribution is 5.87. The van der Waals surface area contributed by atoms with Gasteiger partial charge in [0.2, 0.25) is 5.91 Å². The second-order valence-corrected chi connectivity index (χ2v) is 7.36. The monoisotopic (exact) mass is 412 g/mol. The van der Waals surface area contributed by atoms with Crippen molar-refractivity contribution in [2.45, 2.75) is 45.4 Å². The lowest BCUT2D eigenvalue weighted by molar-refractivity contribution is -0.274. The molecule has 1 fully saturated rings. The van der Waals surface area contributed by atoms with Crippen LogP contribution in [0, 0.1) is 18.8 Å². The number of hydrogen-bond acceptors (Lipinski definition) is 3. The van der Waals surface area contributed by atoms with Crippen molar-refractivity contribution in [1.82, 2.24) is 10.3 Å². The highest BCUT2D eigenvalue weighted by atomic mass is 19.4. The number of halogens is 3. The molecule has 29 heavy (non-hydrogen) atoms. The van der Waals surface area contributed by atoms with E-state index >= 15 is 0 Å². The van der Waals surface area contributed by atoms with E-state index in [4.69, 9.17) is 0 Å². The molecule has 0 radical (unpaired) electrons. The van der Waals surface area contributed by atoms with Gasteiger partial charge in [0.1, 0.15) is 5.75 Å². The van der Waals surface area contributed by atoms with Crippen LogP contribution in [0.5, 0.6) is 5.75 Å². The van der Waals surface area contributed by atoms with E-state index in [9.17, 15) is 27.9 Å². The van der Waals surface area contributed by atoms with Gasteiger partial charge in [0, 0.05) is 23.1 Å². The van der Waals surface area contributed by atoms with E-state index in [-0.39, 0.29) is 18.2 Å². The van der Waals surface area contributed by atoms with Crippen LogP contribution < -0.4 is 10.1 Å². The lowest BCUT2D eigenvalue weighted by Crippen LogP contribution is -2.40. The lowest BCUT2D eigenvalue weighted by Gasteiger charge is -2.27. The van der Waals surface area contributed by atoms with Crippen molar-refractivity contribution in [3.05, 3.63) is 29.5 Å². The van der Waals surface area contributed by atoms with E-state index in [1.54, 1.807) is 0 Å². The maximum absolute atomic E-state index is 12.5. The normalized spacial score (nSPS) is 19.9. The molecule has 1 aromatic carbocycles. The zero-order valence-corrected chi connectivity index (χ0v) is 15.9. The Hall–Kier alpha value is -2.71.